The van der Waals surface area contributed by atoms with Crippen LogP contribution in [0.3, 0.4) is 0 Å². The van der Waals surface area contributed by atoms with Gasteiger partial charge in [0.2, 0.25) is 0 Å². The third kappa shape index (κ3) is 24.0. The van der Waals surface area contributed by atoms with Crippen LogP contribution in [-0.2, 0) is 12.6 Å². The minimum atomic E-state index is -3.96. The normalized spacial score (nSPS) is 10.7. The Morgan fingerprint density at radius 1 is 0.912 bits per heavy atom. The van der Waals surface area contributed by atoms with Crippen LogP contribution >= 0.6 is 16.8 Å². The van der Waals surface area contributed by atoms with E-state index >= 15 is 0 Å². The quantitative estimate of drug-likeness (QED) is 0.167. The number of hydrogen-bond donors (Lipinski definition) is 0. The van der Waals surface area contributed by atoms with E-state index in [2.05, 4.69) is 41.5 Å². The second-order valence-corrected chi connectivity index (χ2v) is 13.2. The average Bonchev–Trinajstić information content (AvgIpc) is 2.70. The van der Waals surface area contributed by atoms with E-state index < -0.39 is 16.4 Å². The van der Waals surface area contributed by atoms with Crippen LogP contribution in [0.25, 0.3) is 0 Å². The second kappa shape index (κ2) is 29.2. The molecule has 0 saturated heterocycles. The summed E-state index contributed by atoms with van der Waals surface area (Å²) in [6.07, 6.45) is 2.97. The standard InChI is InChI=1S/C12H10O2Si.C7H13N.C2H7OP2S.CH4.4Li/c13-15(14,11-7-3-1-4-8-11)12-9-5-2-6-10-12;1-7(2)5-3-4-6-8;1-2(6)5(3)4;;;;;/h1-10H;7H,3-5H2,1-2H3;2,6H,4H2,1H3;1H4;;;;/q-2;;-1;;4*+1/p-1. The summed E-state index contributed by atoms with van der Waals surface area (Å²) in [5.41, 5.74) is 0. The smallest absolute Gasteiger partial charge is 0.863 e. The minimum absolute atomic E-state index is 0. The molecule has 0 spiro atoms. The molecule has 0 aliphatic heterocycles. The molecule has 34 heavy (non-hydrogen) atoms. The van der Waals surface area contributed by atoms with E-state index in [0.717, 1.165) is 18.8 Å². The SMILES string of the molecule is C.CC(C)CCCC#N.CC([S-])P([O-])P.[Li+].[Li+].[Li+].[Li+].[O-][Si]([O-])(c1ccccc1)c1ccccc1. The first-order valence-electron chi connectivity index (χ1n) is 9.38. The number of unbranched alkanes of at least 4 members (excludes halogenated alkanes) is 1. The third-order valence-corrected chi connectivity index (χ3v) is 9.25. The van der Waals surface area contributed by atoms with Gasteiger partial charge in [-0.15, -0.1) is 8.93 Å². The van der Waals surface area contributed by atoms with Crippen molar-refractivity contribution in [2.24, 2.45) is 5.92 Å². The molecular formula is C22H33Li4NO3P2SSi. The Kier molecular flexibility index (Phi) is 41.8. The summed E-state index contributed by atoms with van der Waals surface area (Å²) >= 11 is 4.60. The number of hydrogen-bond acceptors (Lipinski definition) is 5. The Morgan fingerprint density at radius 2 is 1.24 bits per heavy atom. The fourth-order valence-corrected chi connectivity index (χ4v) is 3.67. The number of rotatable bonds is 6. The number of benzene rings is 2. The summed E-state index contributed by atoms with van der Waals surface area (Å²) in [6.45, 7) is 6.11. The molecule has 2 aromatic rings. The monoisotopic (exact) mass is 509 g/mol. The fourth-order valence-electron chi connectivity index (χ4n) is 2.07. The zero-order valence-corrected chi connectivity index (χ0v) is 25.0. The van der Waals surface area contributed by atoms with Crippen molar-refractivity contribution < 1.29 is 89.9 Å². The molecule has 168 valence electrons. The van der Waals surface area contributed by atoms with Gasteiger partial charge in [-0.1, -0.05) is 108 Å². The Balaban J connectivity index is -0.0000000903. The molecule has 0 bridgehead atoms. The molecule has 0 amide bonds. The summed E-state index contributed by atoms with van der Waals surface area (Å²) < 4.78 is 0. The van der Waals surface area contributed by atoms with Crippen LogP contribution in [0.4, 0.5) is 0 Å². The van der Waals surface area contributed by atoms with Crippen molar-refractivity contribution in [2.45, 2.75) is 52.5 Å². The van der Waals surface area contributed by atoms with Gasteiger partial charge >= 0.3 is 75.4 Å². The second-order valence-electron chi connectivity index (χ2n) is 6.75. The molecule has 0 heterocycles. The van der Waals surface area contributed by atoms with Crippen molar-refractivity contribution in [3.8, 4) is 6.07 Å². The topological polar surface area (TPSA) is 93.0 Å². The maximum atomic E-state index is 12.1. The van der Waals surface area contributed by atoms with E-state index in [-0.39, 0.29) is 87.9 Å². The van der Waals surface area contributed by atoms with Crippen LogP contribution in [0, 0.1) is 17.2 Å². The predicted molar refractivity (Wildman–Crippen MR) is 132 cm³/mol. The maximum Gasteiger partial charge on any atom is 1.00 e. The first-order valence-corrected chi connectivity index (χ1v) is 14.6. The van der Waals surface area contributed by atoms with Gasteiger partial charge in [-0.3, -0.25) is 0 Å². The molecule has 2 aromatic carbocycles. The molecule has 0 aromatic heterocycles. The zero-order valence-electron chi connectivity index (χ0n) is 21.2. The zero-order chi connectivity index (χ0) is 22.3. The average molecular weight is 509 g/mol. The molecule has 0 saturated carbocycles. The van der Waals surface area contributed by atoms with Gasteiger partial charge in [-0.25, -0.2) is 7.84 Å². The van der Waals surface area contributed by atoms with Gasteiger partial charge in [-0.05, 0) is 18.8 Å². The van der Waals surface area contributed by atoms with E-state index in [1.165, 1.54) is 6.42 Å². The van der Waals surface area contributed by atoms with Crippen molar-refractivity contribution in [3.63, 3.8) is 0 Å². The number of nitrogens with zero attached hydrogens (tertiary/aromatic N) is 1. The van der Waals surface area contributed by atoms with Gasteiger partial charge in [0, 0.05) is 6.42 Å². The Hall–Kier alpha value is 1.63. The first-order chi connectivity index (χ1) is 13.6. The predicted octanol–water partition coefficient (Wildman–Crippen LogP) is -9.62. The van der Waals surface area contributed by atoms with Crippen LogP contribution in [-0.4, -0.2) is 13.6 Å². The Labute approximate surface area is 266 Å². The van der Waals surface area contributed by atoms with Crippen molar-refractivity contribution in [1.82, 2.24) is 0 Å². The van der Waals surface area contributed by atoms with Crippen molar-refractivity contribution in [3.05, 3.63) is 60.7 Å². The van der Waals surface area contributed by atoms with Crippen LogP contribution in [0.2, 0.25) is 0 Å². The molecule has 0 aliphatic rings. The van der Waals surface area contributed by atoms with E-state index in [9.17, 15) is 14.5 Å². The third-order valence-electron chi connectivity index (χ3n) is 3.74. The van der Waals surface area contributed by atoms with Crippen molar-refractivity contribution >= 4 is 48.3 Å². The van der Waals surface area contributed by atoms with Crippen LogP contribution in [0.5, 0.6) is 0 Å². The van der Waals surface area contributed by atoms with E-state index in [1.807, 2.05) is 0 Å². The Morgan fingerprint density at radius 3 is 1.47 bits per heavy atom. The molecular weight excluding hydrogens is 476 g/mol. The molecule has 3 unspecified atom stereocenters. The van der Waals surface area contributed by atoms with Gasteiger partial charge < -0.3 is 27.1 Å². The number of nitriles is 1. The van der Waals surface area contributed by atoms with Gasteiger partial charge in [0.05, 0.1) is 6.07 Å². The molecule has 4 nitrogen and oxygen atoms in total. The van der Waals surface area contributed by atoms with E-state index in [4.69, 9.17) is 5.26 Å². The fraction of sp³-hybridized carbons (Fsp3) is 0.409. The Bertz CT molecular complexity index is 667. The molecule has 0 radical (unpaired) electrons. The van der Waals surface area contributed by atoms with Crippen LogP contribution in [0.15, 0.2) is 60.7 Å². The summed E-state index contributed by atoms with van der Waals surface area (Å²) in [5, 5.41) is 8.90. The molecule has 0 N–H and O–H groups in total. The van der Waals surface area contributed by atoms with E-state index in [0.29, 0.717) is 10.4 Å². The minimum Gasteiger partial charge on any atom is -0.863 e. The van der Waals surface area contributed by atoms with E-state index in [1.54, 1.807) is 67.6 Å². The molecule has 3 atom stereocenters. The van der Waals surface area contributed by atoms with Gasteiger partial charge in [-0.2, -0.15) is 10.3 Å². The summed E-state index contributed by atoms with van der Waals surface area (Å²) in [7, 11) is -2.96. The molecule has 12 heteroatoms. The largest absolute Gasteiger partial charge is 1.00 e. The van der Waals surface area contributed by atoms with Gasteiger partial charge in [0.15, 0.2) is 0 Å². The van der Waals surface area contributed by atoms with Gasteiger partial charge in [0.25, 0.3) is 0 Å². The first kappa shape index (κ1) is 48.7. The van der Waals surface area contributed by atoms with Crippen molar-refractivity contribution in [1.29, 1.82) is 5.26 Å². The summed E-state index contributed by atoms with van der Waals surface area (Å²) in [5.74, 6) is 0.753. The molecule has 0 fully saturated rings. The van der Waals surface area contributed by atoms with Crippen LogP contribution < -0.4 is 100 Å². The van der Waals surface area contributed by atoms with Crippen molar-refractivity contribution in [2.75, 3.05) is 0 Å². The molecule has 2 rings (SSSR count). The summed E-state index contributed by atoms with van der Waals surface area (Å²) in [6, 6.07) is 19.2. The van der Waals surface area contributed by atoms with Gasteiger partial charge in [0.1, 0.15) is 0 Å². The summed E-state index contributed by atoms with van der Waals surface area (Å²) in [4.78, 5) is 34.2. The maximum absolute atomic E-state index is 12.1. The van der Waals surface area contributed by atoms with Crippen LogP contribution in [0.1, 0.15) is 47.5 Å². The molecule has 0 aliphatic carbocycles.